The van der Waals surface area contributed by atoms with E-state index in [0.717, 1.165) is 45.2 Å². The number of hydrogen-bond donors (Lipinski definition) is 1. The van der Waals surface area contributed by atoms with Crippen LogP contribution in [0, 0.1) is 11.8 Å². The Balaban J connectivity index is 0.00000225. The van der Waals surface area contributed by atoms with Crippen LogP contribution in [0.3, 0.4) is 0 Å². The maximum absolute atomic E-state index is 12.9. The van der Waals surface area contributed by atoms with Crippen molar-refractivity contribution in [1.82, 2.24) is 9.21 Å². The Hall–Kier alpha value is -1.15. The van der Waals surface area contributed by atoms with Gasteiger partial charge in [-0.2, -0.15) is 4.31 Å². The second-order valence-electron chi connectivity index (χ2n) is 8.36. The molecule has 0 radical (unpaired) electrons. The third-order valence-electron chi connectivity index (χ3n) is 6.65. The van der Waals surface area contributed by atoms with Crippen molar-refractivity contribution < 1.29 is 13.2 Å². The molecule has 156 valence electrons. The minimum atomic E-state index is -3.50. The van der Waals surface area contributed by atoms with Gasteiger partial charge in [-0.15, -0.1) is 12.4 Å². The number of hydrogen-bond acceptors (Lipinski definition) is 4. The van der Waals surface area contributed by atoms with Gasteiger partial charge in [0.1, 0.15) is 0 Å². The van der Waals surface area contributed by atoms with Gasteiger partial charge in [0.15, 0.2) is 0 Å². The van der Waals surface area contributed by atoms with E-state index in [-0.39, 0.29) is 35.3 Å². The predicted molar refractivity (Wildman–Crippen MR) is 111 cm³/mol. The van der Waals surface area contributed by atoms with Crippen molar-refractivity contribution in [1.29, 1.82) is 0 Å². The number of nitrogens with zero attached hydrogens (tertiary/aromatic N) is 2. The molecule has 4 atom stereocenters. The van der Waals surface area contributed by atoms with Crippen LogP contribution in [0.15, 0.2) is 29.2 Å². The summed E-state index contributed by atoms with van der Waals surface area (Å²) < 4.78 is 27.4. The van der Waals surface area contributed by atoms with Crippen LogP contribution >= 0.6 is 12.4 Å². The molecule has 28 heavy (non-hydrogen) atoms. The third kappa shape index (κ3) is 3.82. The molecule has 4 rings (SSSR count). The highest BCUT2D eigenvalue weighted by Crippen LogP contribution is 2.37. The van der Waals surface area contributed by atoms with Gasteiger partial charge in [-0.25, -0.2) is 8.42 Å². The average Bonchev–Trinajstić information content (AvgIpc) is 3.24. The second-order valence-corrected chi connectivity index (χ2v) is 10.3. The van der Waals surface area contributed by atoms with Gasteiger partial charge in [0, 0.05) is 37.3 Å². The van der Waals surface area contributed by atoms with Gasteiger partial charge in [-0.3, -0.25) is 4.79 Å². The Morgan fingerprint density at radius 2 is 1.79 bits per heavy atom. The topological polar surface area (TPSA) is 83.7 Å². The lowest BCUT2D eigenvalue weighted by Crippen LogP contribution is -2.41. The van der Waals surface area contributed by atoms with E-state index >= 15 is 0 Å². The van der Waals surface area contributed by atoms with Crippen LogP contribution in [0.2, 0.25) is 0 Å². The Morgan fingerprint density at radius 3 is 2.43 bits per heavy atom. The van der Waals surface area contributed by atoms with Gasteiger partial charge < -0.3 is 10.6 Å². The van der Waals surface area contributed by atoms with Crippen LogP contribution in [0.1, 0.15) is 49.4 Å². The molecule has 2 aliphatic heterocycles. The van der Waals surface area contributed by atoms with Crippen molar-refractivity contribution in [3.63, 3.8) is 0 Å². The largest absolute Gasteiger partial charge is 0.338 e. The predicted octanol–water partition coefficient (Wildman–Crippen LogP) is 2.48. The van der Waals surface area contributed by atoms with Crippen molar-refractivity contribution in [2.75, 3.05) is 19.6 Å². The number of rotatable bonds is 3. The second kappa shape index (κ2) is 8.30. The number of likely N-dealkylation sites (tertiary alicyclic amines) is 1. The van der Waals surface area contributed by atoms with Crippen molar-refractivity contribution in [2.24, 2.45) is 17.6 Å². The number of sulfonamides is 1. The summed E-state index contributed by atoms with van der Waals surface area (Å²) in [7, 11) is -3.50. The van der Waals surface area contributed by atoms with Crippen molar-refractivity contribution >= 4 is 28.3 Å². The average molecular weight is 428 g/mol. The molecule has 8 heteroatoms. The van der Waals surface area contributed by atoms with E-state index in [1.807, 2.05) is 11.8 Å². The van der Waals surface area contributed by atoms with Gasteiger partial charge in [0.05, 0.1) is 4.90 Å². The zero-order valence-corrected chi connectivity index (χ0v) is 17.9. The summed E-state index contributed by atoms with van der Waals surface area (Å²) >= 11 is 0. The fourth-order valence-electron chi connectivity index (χ4n) is 4.99. The van der Waals surface area contributed by atoms with Gasteiger partial charge >= 0.3 is 0 Å². The summed E-state index contributed by atoms with van der Waals surface area (Å²) in [5, 5.41) is 0. The zero-order chi connectivity index (χ0) is 19.2. The molecule has 0 spiro atoms. The molecule has 1 aromatic rings. The molecule has 0 aromatic heterocycles. The summed E-state index contributed by atoms with van der Waals surface area (Å²) in [6.45, 7) is 4.02. The van der Waals surface area contributed by atoms with Gasteiger partial charge in [-0.1, -0.05) is 6.42 Å². The fourth-order valence-corrected chi connectivity index (χ4v) is 6.69. The molecule has 2 heterocycles. The smallest absolute Gasteiger partial charge is 0.253 e. The van der Waals surface area contributed by atoms with Gasteiger partial charge in [0.25, 0.3) is 5.91 Å². The summed E-state index contributed by atoms with van der Waals surface area (Å²) in [4.78, 5) is 15.0. The van der Waals surface area contributed by atoms with Crippen molar-refractivity contribution in [3.05, 3.63) is 29.8 Å². The van der Waals surface area contributed by atoms with Crippen molar-refractivity contribution in [3.8, 4) is 0 Å². The van der Waals surface area contributed by atoms with Gasteiger partial charge in [-0.05, 0) is 68.7 Å². The fraction of sp³-hybridized carbons (Fsp3) is 0.650. The van der Waals surface area contributed by atoms with E-state index < -0.39 is 10.0 Å². The number of carbonyl (C=O) groups excluding carboxylic acids is 1. The number of benzene rings is 1. The number of piperidine rings is 1. The first kappa shape index (κ1) is 21.6. The first-order valence-electron chi connectivity index (χ1n) is 10.0. The summed E-state index contributed by atoms with van der Waals surface area (Å²) in [5.74, 6) is 0.908. The normalized spacial score (nSPS) is 30.7. The number of halogens is 1. The van der Waals surface area contributed by atoms with Gasteiger partial charge in [0.2, 0.25) is 10.0 Å². The van der Waals surface area contributed by atoms with Crippen LogP contribution in [0.5, 0.6) is 0 Å². The minimum absolute atomic E-state index is 0. The quantitative estimate of drug-likeness (QED) is 0.803. The molecule has 6 nitrogen and oxygen atoms in total. The SMILES string of the molecule is CC1CCCCN1S(=O)(=O)c1ccc(C(=O)N2CC3CCC(N)C3C2)cc1.Cl. The highest BCUT2D eigenvalue weighted by molar-refractivity contribution is 7.89. The molecular formula is C20H30ClN3O3S. The maximum atomic E-state index is 12.9. The van der Waals surface area contributed by atoms with Crippen LogP contribution < -0.4 is 5.73 Å². The van der Waals surface area contributed by atoms with Crippen molar-refractivity contribution in [2.45, 2.75) is 56.0 Å². The van der Waals surface area contributed by atoms with E-state index in [4.69, 9.17) is 5.73 Å². The molecule has 4 unspecified atom stereocenters. The molecule has 1 amide bonds. The minimum Gasteiger partial charge on any atom is -0.338 e. The molecule has 1 aromatic carbocycles. The Bertz CT molecular complexity index is 814. The Labute approximate surface area is 173 Å². The summed E-state index contributed by atoms with van der Waals surface area (Å²) in [5.41, 5.74) is 6.71. The van der Waals surface area contributed by atoms with Crippen LogP contribution in [-0.4, -0.2) is 55.2 Å². The van der Waals surface area contributed by atoms with E-state index in [1.54, 1.807) is 28.6 Å². The maximum Gasteiger partial charge on any atom is 0.253 e. The molecule has 2 N–H and O–H groups in total. The Kier molecular flexibility index (Phi) is 6.39. The van der Waals surface area contributed by atoms with Crippen LogP contribution in [0.25, 0.3) is 0 Å². The number of fused-ring (bicyclic) bond motifs is 1. The lowest BCUT2D eigenvalue weighted by Gasteiger charge is -2.32. The van der Waals surface area contributed by atoms with E-state index in [9.17, 15) is 13.2 Å². The molecule has 0 bridgehead atoms. The first-order valence-corrected chi connectivity index (χ1v) is 11.5. The first-order chi connectivity index (χ1) is 12.9. The lowest BCUT2D eigenvalue weighted by molar-refractivity contribution is 0.0779. The number of carbonyl (C=O) groups is 1. The van der Waals surface area contributed by atoms with E-state index in [2.05, 4.69) is 0 Å². The van der Waals surface area contributed by atoms with Crippen LogP contribution in [-0.2, 0) is 10.0 Å². The molecule has 1 saturated carbocycles. The zero-order valence-electron chi connectivity index (χ0n) is 16.3. The summed E-state index contributed by atoms with van der Waals surface area (Å²) in [6.07, 6.45) is 5.02. The van der Waals surface area contributed by atoms with E-state index in [1.165, 1.54) is 0 Å². The Morgan fingerprint density at radius 1 is 1.07 bits per heavy atom. The van der Waals surface area contributed by atoms with E-state index in [0.29, 0.717) is 23.9 Å². The monoisotopic (exact) mass is 427 g/mol. The number of amides is 1. The molecule has 3 fully saturated rings. The lowest BCUT2D eigenvalue weighted by atomic mass is 9.98. The summed E-state index contributed by atoms with van der Waals surface area (Å²) in [6, 6.07) is 6.68. The standard InChI is InChI=1S/C20H29N3O3S.ClH/c1-14-4-2-3-11-23(14)27(25,26)17-8-5-15(6-9-17)20(24)22-12-16-7-10-19(21)18(16)13-22;/h5-6,8-9,14,16,18-19H,2-4,7,10-13,21H2,1H3;1H. The highest BCUT2D eigenvalue weighted by atomic mass is 35.5. The molecule has 3 aliphatic rings. The number of nitrogens with two attached hydrogens (primary N) is 1. The molecule has 1 aliphatic carbocycles. The molecule has 2 saturated heterocycles. The highest BCUT2D eigenvalue weighted by Gasteiger charge is 2.42. The van der Waals surface area contributed by atoms with Crippen LogP contribution in [0.4, 0.5) is 0 Å². The third-order valence-corrected chi connectivity index (χ3v) is 8.68. The molecular weight excluding hydrogens is 398 g/mol.